The van der Waals surface area contributed by atoms with E-state index < -0.39 is 12.0 Å². The Labute approximate surface area is 135 Å². The summed E-state index contributed by atoms with van der Waals surface area (Å²) in [4.78, 5) is 21.9. The minimum Gasteiger partial charge on any atom is -0.493 e. The van der Waals surface area contributed by atoms with E-state index in [1.807, 2.05) is 0 Å². The minimum atomic E-state index is -0.767. The van der Waals surface area contributed by atoms with E-state index in [1.165, 1.54) is 13.3 Å². The summed E-state index contributed by atoms with van der Waals surface area (Å²) < 4.78 is 15.9. The highest BCUT2D eigenvalue weighted by Gasteiger charge is 2.13. The number of esters is 1. The van der Waals surface area contributed by atoms with Crippen molar-refractivity contribution in [1.29, 1.82) is 0 Å². The lowest BCUT2D eigenvalue weighted by Gasteiger charge is -2.12. The van der Waals surface area contributed by atoms with Crippen LogP contribution in [-0.2, 0) is 9.53 Å². The van der Waals surface area contributed by atoms with Gasteiger partial charge in [-0.25, -0.2) is 15.0 Å². The Balaban J connectivity index is 2.88. The van der Waals surface area contributed by atoms with Crippen molar-refractivity contribution in [2.45, 2.75) is 6.92 Å². The molecule has 3 N–H and O–H groups in total. The van der Waals surface area contributed by atoms with E-state index in [0.717, 1.165) is 0 Å². The molecule has 1 aromatic rings. The van der Waals surface area contributed by atoms with Crippen molar-refractivity contribution < 1.29 is 23.8 Å². The van der Waals surface area contributed by atoms with Gasteiger partial charge in [0, 0.05) is 0 Å². The van der Waals surface area contributed by atoms with Crippen LogP contribution in [0.2, 0.25) is 0 Å². The predicted octanol–water partition coefficient (Wildman–Crippen LogP) is 1.40. The molecule has 1 aromatic carbocycles. The van der Waals surface area contributed by atoms with Crippen LogP contribution >= 0.6 is 15.9 Å². The monoisotopic (exact) mass is 373 g/mol. The summed E-state index contributed by atoms with van der Waals surface area (Å²) in [6, 6.07) is 2.53. The minimum absolute atomic E-state index is 0.237. The van der Waals surface area contributed by atoms with Crippen molar-refractivity contribution >= 4 is 34.1 Å². The molecule has 0 aliphatic carbocycles. The fraction of sp³-hybridized carbons (Fsp3) is 0.308. The number of carbonyl (C=O) groups excluding carboxylic acids is 2. The molecule has 0 radical (unpaired) electrons. The molecule has 0 aromatic heterocycles. The SMILES string of the molecule is CCOC(=O)COc1c(Br)cc(/C=N/NC(N)=O)cc1OC. The molecular weight excluding hydrogens is 358 g/mol. The van der Waals surface area contributed by atoms with E-state index in [0.29, 0.717) is 21.5 Å². The first-order chi connectivity index (χ1) is 10.5. The Morgan fingerprint density at radius 1 is 1.45 bits per heavy atom. The first-order valence-electron chi connectivity index (χ1n) is 6.22. The van der Waals surface area contributed by atoms with E-state index in [-0.39, 0.29) is 13.2 Å². The quantitative estimate of drug-likeness (QED) is 0.426. The molecule has 9 heteroatoms. The number of hydrazone groups is 1. The molecule has 0 unspecified atom stereocenters. The molecule has 0 fully saturated rings. The van der Waals surface area contributed by atoms with E-state index in [9.17, 15) is 9.59 Å². The van der Waals surface area contributed by atoms with Gasteiger partial charge in [-0.2, -0.15) is 5.10 Å². The Morgan fingerprint density at radius 2 is 2.18 bits per heavy atom. The number of nitrogens with two attached hydrogens (primary N) is 1. The number of nitrogens with zero attached hydrogens (tertiary/aromatic N) is 1. The number of ether oxygens (including phenoxy) is 3. The lowest BCUT2D eigenvalue weighted by atomic mass is 10.2. The molecule has 22 heavy (non-hydrogen) atoms. The Hall–Kier alpha value is -2.29. The molecular formula is C13H16BrN3O5. The molecule has 120 valence electrons. The van der Waals surface area contributed by atoms with Crippen molar-refractivity contribution in [3.8, 4) is 11.5 Å². The molecule has 0 spiro atoms. The van der Waals surface area contributed by atoms with Gasteiger partial charge in [0.05, 0.1) is 24.4 Å². The molecule has 8 nitrogen and oxygen atoms in total. The summed E-state index contributed by atoms with van der Waals surface area (Å²) in [5, 5.41) is 3.64. The maximum atomic E-state index is 11.3. The maximum absolute atomic E-state index is 11.3. The molecule has 2 amide bonds. The van der Waals surface area contributed by atoms with Gasteiger partial charge in [0.1, 0.15) is 0 Å². The second kappa shape index (κ2) is 8.88. The average molecular weight is 374 g/mol. The second-order valence-corrected chi connectivity index (χ2v) is 4.72. The lowest BCUT2D eigenvalue weighted by molar-refractivity contribution is -0.145. The lowest BCUT2D eigenvalue weighted by Crippen LogP contribution is -2.24. The summed E-state index contributed by atoms with van der Waals surface area (Å²) in [6.45, 7) is 1.75. The molecule has 0 bridgehead atoms. The van der Waals surface area contributed by atoms with Crippen LogP contribution < -0.4 is 20.6 Å². The molecule has 0 atom stereocenters. The summed E-state index contributed by atoms with van der Waals surface area (Å²) >= 11 is 3.32. The Morgan fingerprint density at radius 3 is 2.77 bits per heavy atom. The number of hydrogen-bond acceptors (Lipinski definition) is 6. The number of nitrogens with one attached hydrogen (secondary N) is 1. The number of halogens is 1. The van der Waals surface area contributed by atoms with Crippen LogP contribution in [0.4, 0.5) is 4.79 Å². The molecule has 0 saturated carbocycles. The van der Waals surface area contributed by atoms with Gasteiger partial charge in [-0.1, -0.05) is 0 Å². The predicted molar refractivity (Wildman–Crippen MR) is 83.1 cm³/mol. The maximum Gasteiger partial charge on any atom is 0.344 e. The molecule has 0 aliphatic rings. The van der Waals surface area contributed by atoms with Gasteiger partial charge < -0.3 is 19.9 Å². The van der Waals surface area contributed by atoms with Gasteiger partial charge in [-0.15, -0.1) is 0 Å². The summed E-state index contributed by atoms with van der Waals surface area (Å²) in [6.07, 6.45) is 1.38. The number of urea groups is 1. The van der Waals surface area contributed by atoms with Crippen molar-refractivity contribution in [3.63, 3.8) is 0 Å². The third-order valence-electron chi connectivity index (χ3n) is 2.28. The van der Waals surface area contributed by atoms with Gasteiger partial charge in [0.25, 0.3) is 0 Å². The summed E-state index contributed by atoms with van der Waals surface area (Å²) in [5.74, 6) is 0.266. The zero-order chi connectivity index (χ0) is 16.5. The number of rotatable bonds is 7. The fourth-order valence-electron chi connectivity index (χ4n) is 1.46. The van der Waals surface area contributed by atoms with Crippen LogP contribution in [0.1, 0.15) is 12.5 Å². The highest BCUT2D eigenvalue weighted by atomic mass is 79.9. The van der Waals surface area contributed by atoms with Crippen molar-refractivity contribution in [1.82, 2.24) is 5.43 Å². The Bertz CT molecular complexity index is 577. The van der Waals surface area contributed by atoms with Crippen molar-refractivity contribution in [2.75, 3.05) is 20.3 Å². The number of hydrogen-bond donors (Lipinski definition) is 2. The smallest absolute Gasteiger partial charge is 0.344 e. The third kappa shape index (κ3) is 5.60. The highest BCUT2D eigenvalue weighted by molar-refractivity contribution is 9.10. The number of carbonyl (C=O) groups is 2. The van der Waals surface area contributed by atoms with Gasteiger partial charge in [-0.05, 0) is 40.5 Å². The Kier molecular flexibility index (Phi) is 7.17. The first kappa shape index (κ1) is 17.8. The summed E-state index contributed by atoms with van der Waals surface area (Å²) in [5.41, 5.74) is 7.60. The second-order valence-electron chi connectivity index (χ2n) is 3.86. The van der Waals surface area contributed by atoms with Crippen LogP contribution in [0.5, 0.6) is 11.5 Å². The van der Waals surface area contributed by atoms with Gasteiger partial charge >= 0.3 is 12.0 Å². The highest BCUT2D eigenvalue weighted by Crippen LogP contribution is 2.36. The number of methoxy groups -OCH3 is 1. The third-order valence-corrected chi connectivity index (χ3v) is 2.87. The van der Waals surface area contributed by atoms with E-state index >= 15 is 0 Å². The van der Waals surface area contributed by atoms with Gasteiger partial charge in [-0.3, -0.25) is 0 Å². The molecule has 0 heterocycles. The van der Waals surface area contributed by atoms with Gasteiger partial charge in [0.2, 0.25) is 0 Å². The summed E-state index contributed by atoms with van der Waals surface area (Å²) in [7, 11) is 1.46. The van der Waals surface area contributed by atoms with Crippen LogP contribution in [-0.4, -0.2) is 38.5 Å². The number of benzene rings is 1. The van der Waals surface area contributed by atoms with Crippen molar-refractivity contribution in [3.05, 3.63) is 22.2 Å². The van der Waals surface area contributed by atoms with Crippen LogP contribution in [0.25, 0.3) is 0 Å². The molecule has 1 rings (SSSR count). The number of amides is 2. The van der Waals surface area contributed by atoms with Crippen LogP contribution in [0, 0.1) is 0 Å². The fourth-order valence-corrected chi connectivity index (χ4v) is 2.03. The standard InChI is InChI=1S/C13H16BrN3O5/c1-3-21-11(18)7-22-12-9(14)4-8(5-10(12)20-2)6-16-17-13(15)19/h4-6H,3,7H2,1-2H3,(H3,15,17,19)/b16-6+. The molecule has 0 saturated heterocycles. The zero-order valence-electron chi connectivity index (χ0n) is 12.1. The zero-order valence-corrected chi connectivity index (χ0v) is 13.7. The number of primary amides is 1. The topological polar surface area (TPSA) is 112 Å². The normalized spacial score (nSPS) is 10.3. The van der Waals surface area contributed by atoms with E-state index in [1.54, 1.807) is 19.1 Å². The molecule has 0 aliphatic heterocycles. The van der Waals surface area contributed by atoms with E-state index in [4.69, 9.17) is 19.9 Å². The van der Waals surface area contributed by atoms with Crippen LogP contribution in [0.15, 0.2) is 21.7 Å². The van der Waals surface area contributed by atoms with E-state index in [2.05, 4.69) is 26.5 Å². The van der Waals surface area contributed by atoms with Crippen molar-refractivity contribution in [2.24, 2.45) is 10.8 Å². The largest absolute Gasteiger partial charge is 0.493 e. The van der Waals surface area contributed by atoms with Gasteiger partial charge in [0.15, 0.2) is 18.1 Å². The van der Waals surface area contributed by atoms with Crippen LogP contribution in [0.3, 0.4) is 0 Å². The average Bonchev–Trinajstić information content (AvgIpc) is 2.45. The first-order valence-corrected chi connectivity index (χ1v) is 7.01.